The van der Waals surface area contributed by atoms with Crippen LogP contribution in [0.15, 0.2) is 23.0 Å². The molecule has 0 aliphatic rings. The number of benzene rings is 1. The van der Waals surface area contributed by atoms with Crippen LogP contribution in [0.2, 0.25) is 5.28 Å². The average Bonchev–Trinajstić information content (AvgIpc) is 2.25. The fourth-order valence-electron chi connectivity index (χ4n) is 1.61. The monoisotopic (exact) mass is 255 g/mol. The highest BCUT2D eigenvalue weighted by molar-refractivity contribution is 6.28. The number of halogens is 2. The standard InChI is InChI=1S/C11H11ClFN3O/c1-6(14)5-16-10(17)8-4-7(13)2-3-9(8)15-11(16)12/h2-4,6H,5,14H2,1H3. The van der Waals surface area contributed by atoms with Gasteiger partial charge in [-0.3, -0.25) is 9.36 Å². The van der Waals surface area contributed by atoms with Crippen LogP contribution in [0.4, 0.5) is 4.39 Å². The average molecular weight is 256 g/mol. The number of aromatic nitrogens is 2. The van der Waals surface area contributed by atoms with Crippen LogP contribution in [0.5, 0.6) is 0 Å². The van der Waals surface area contributed by atoms with Crippen LogP contribution in [-0.4, -0.2) is 15.6 Å². The summed E-state index contributed by atoms with van der Waals surface area (Å²) in [6.07, 6.45) is 0. The molecule has 2 aromatic rings. The first-order valence-electron chi connectivity index (χ1n) is 5.10. The Balaban J connectivity index is 2.73. The molecule has 6 heteroatoms. The van der Waals surface area contributed by atoms with Crippen LogP contribution in [-0.2, 0) is 6.54 Å². The number of hydrogen-bond donors (Lipinski definition) is 1. The zero-order valence-corrected chi connectivity index (χ0v) is 9.91. The second-order valence-electron chi connectivity index (χ2n) is 3.94. The molecule has 17 heavy (non-hydrogen) atoms. The second kappa shape index (κ2) is 4.43. The van der Waals surface area contributed by atoms with Crippen LogP contribution >= 0.6 is 11.6 Å². The Hall–Kier alpha value is -1.46. The molecule has 0 radical (unpaired) electrons. The van der Waals surface area contributed by atoms with Crippen molar-refractivity contribution in [2.75, 3.05) is 0 Å². The van der Waals surface area contributed by atoms with Crippen molar-refractivity contribution < 1.29 is 4.39 Å². The van der Waals surface area contributed by atoms with Gasteiger partial charge in [-0.2, -0.15) is 0 Å². The maximum atomic E-state index is 13.1. The molecular weight excluding hydrogens is 245 g/mol. The van der Waals surface area contributed by atoms with Gasteiger partial charge in [-0.1, -0.05) is 0 Å². The first kappa shape index (κ1) is 12.0. The van der Waals surface area contributed by atoms with E-state index in [4.69, 9.17) is 17.3 Å². The van der Waals surface area contributed by atoms with Crippen LogP contribution in [0.3, 0.4) is 0 Å². The lowest BCUT2D eigenvalue weighted by Gasteiger charge is -2.11. The lowest BCUT2D eigenvalue weighted by atomic mass is 10.2. The van der Waals surface area contributed by atoms with Gasteiger partial charge in [0.05, 0.1) is 10.9 Å². The topological polar surface area (TPSA) is 60.9 Å². The largest absolute Gasteiger partial charge is 0.326 e. The molecule has 1 atom stereocenters. The Morgan fingerprint density at radius 3 is 2.94 bits per heavy atom. The van der Waals surface area contributed by atoms with E-state index in [0.717, 1.165) is 6.07 Å². The maximum absolute atomic E-state index is 13.1. The quantitative estimate of drug-likeness (QED) is 0.828. The number of nitrogens with two attached hydrogens (primary N) is 1. The molecule has 90 valence electrons. The van der Waals surface area contributed by atoms with E-state index in [9.17, 15) is 9.18 Å². The molecule has 2 N–H and O–H groups in total. The van der Waals surface area contributed by atoms with Gasteiger partial charge in [0.25, 0.3) is 5.56 Å². The van der Waals surface area contributed by atoms with Gasteiger partial charge in [-0.15, -0.1) is 0 Å². The van der Waals surface area contributed by atoms with Gasteiger partial charge in [-0.05, 0) is 36.7 Å². The maximum Gasteiger partial charge on any atom is 0.262 e. The molecule has 0 bridgehead atoms. The molecular formula is C11H11ClFN3O. The predicted molar refractivity (Wildman–Crippen MR) is 64.6 cm³/mol. The van der Waals surface area contributed by atoms with E-state index in [1.165, 1.54) is 16.7 Å². The third-order valence-electron chi connectivity index (χ3n) is 2.34. The van der Waals surface area contributed by atoms with E-state index < -0.39 is 5.82 Å². The first-order valence-corrected chi connectivity index (χ1v) is 5.48. The molecule has 1 heterocycles. The minimum Gasteiger partial charge on any atom is -0.326 e. The summed E-state index contributed by atoms with van der Waals surface area (Å²) in [5, 5.41) is 0.265. The summed E-state index contributed by atoms with van der Waals surface area (Å²) in [7, 11) is 0. The molecule has 0 fully saturated rings. The van der Waals surface area contributed by atoms with Gasteiger partial charge in [-0.25, -0.2) is 9.37 Å². The zero-order valence-electron chi connectivity index (χ0n) is 9.15. The highest BCUT2D eigenvalue weighted by Crippen LogP contribution is 2.13. The molecule has 1 aromatic heterocycles. The van der Waals surface area contributed by atoms with Gasteiger partial charge in [0.15, 0.2) is 0 Å². The number of nitrogens with zero attached hydrogens (tertiary/aromatic N) is 2. The van der Waals surface area contributed by atoms with Gasteiger partial charge in [0.2, 0.25) is 5.28 Å². The lowest BCUT2D eigenvalue weighted by Crippen LogP contribution is -2.31. The molecule has 1 aromatic carbocycles. The smallest absolute Gasteiger partial charge is 0.262 e. The molecule has 2 rings (SSSR count). The molecule has 4 nitrogen and oxygen atoms in total. The van der Waals surface area contributed by atoms with E-state index >= 15 is 0 Å². The normalized spacial score (nSPS) is 12.9. The summed E-state index contributed by atoms with van der Waals surface area (Å²) >= 11 is 5.89. The second-order valence-corrected chi connectivity index (χ2v) is 4.27. The van der Waals surface area contributed by atoms with Crippen molar-refractivity contribution in [2.24, 2.45) is 5.73 Å². The number of hydrogen-bond acceptors (Lipinski definition) is 3. The Morgan fingerprint density at radius 1 is 1.59 bits per heavy atom. The lowest BCUT2D eigenvalue weighted by molar-refractivity contribution is 0.570. The van der Waals surface area contributed by atoms with Crippen molar-refractivity contribution in [2.45, 2.75) is 19.5 Å². The predicted octanol–water partition coefficient (Wildman–Crippen LogP) is 1.54. The molecule has 0 spiro atoms. The van der Waals surface area contributed by atoms with E-state index in [1.807, 2.05) is 0 Å². The fraction of sp³-hybridized carbons (Fsp3) is 0.273. The third-order valence-corrected chi connectivity index (χ3v) is 2.63. The van der Waals surface area contributed by atoms with Crippen molar-refractivity contribution in [3.8, 4) is 0 Å². The summed E-state index contributed by atoms with van der Waals surface area (Å²) in [6.45, 7) is 2.00. The van der Waals surface area contributed by atoms with Gasteiger partial charge in [0, 0.05) is 12.6 Å². The summed E-state index contributed by atoms with van der Waals surface area (Å²) in [6, 6.07) is 3.58. The molecule has 0 aliphatic heterocycles. The van der Waals surface area contributed by atoms with Crippen LogP contribution in [0.25, 0.3) is 10.9 Å². The first-order chi connectivity index (χ1) is 7.99. The van der Waals surface area contributed by atoms with Crippen LogP contribution in [0.1, 0.15) is 6.92 Å². The van der Waals surface area contributed by atoms with Crippen LogP contribution in [0, 0.1) is 5.82 Å². The fourth-order valence-corrected chi connectivity index (χ4v) is 1.85. The van der Waals surface area contributed by atoms with Crippen molar-refractivity contribution in [3.63, 3.8) is 0 Å². The van der Waals surface area contributed by atoms with E-state index in [0.29, 0.717) is 5.52 Å². The van der Waals surface area contributed by atoms with E-state index in [1.54, 1.807) is 6.92 Å². The Morgan fingerprint density at radius 2 is 2.29 bits per heavy atom. The molecule has 0 saturated heterocycles. The summed E-state index contributed by atoms with van der Waals surface area (Å²) in [5.41, 5.74) is 5.62. The molecule has 0 aliphatic carbocycles. The van der Waals surface area contributed by atoms with Crippen molar-refractivity contribution in [1.29, 1.82) is 0 Å². The SMILES string of the molecule is CC(N)Cn1c(Cl)nc2ccc(F)cc2c1=O. The third kappa shape index (κ3) is 2.30. The van der Waals surface area contributed by atoms with Crippen molar-refractivity contribution in [3.05, 3.63) is 39.7 Å². The number of fused-ring (bicyclic) bond motifs is 1. The highest BCUT2D eigenvalue weighted by atomic mass is 35.5. The minimum atomic E-state index is -0.480. The zero-order chi connectivity index (χ0) is 12.6. The van der Waals surface area contributed by atoms with Crippen molar-refractivity contribution >= 4 is 22.5 Å². The highest BCUT2D eigenvalue weighted by Gasteiger charge is 2.11. The minimum absolute atomic E-state index is 0.0615. The summed E-state index contributed by atoms with van der Waals surface area (Å²) < 4.78 is 14.3. The molecule has 1 unspecified atom stereocenters. The van der Waals surface area contributed by atoms with Crippen LogP contribution < -0.4 is 11.3 Å². The summed E-state index contributed by atoms with van der Waals surface area (Å²) in [5.74, 6) is -0.480. The van der Waals surface area contributed by atoms with Gasteiger partial charge < -0.3 is 5.73 Å². The Kier molecular flexibility index (Phi) is 3.13. The summed E-state index contributed by atoms with van der Waals surface area (Å²) in [4.78, 5) is 16.1. The van der Waals surface area contributed by atoms with E-state index in [-0.39, 0.29) is 28.8 Å². The number of rotatable bonds is 2. The molecule has 0 amide bonds. The molecule has 0 saturated carbocycles. The van der Waals surface area contributed by atoms with Crippen molar-refractivity contribution in [1.82, 2.24) is 9.55 Å². The van der Waals surface area contributed by atoms with Gasteiger partial charge in [0.1, 0.15) is 5.82 Å². The van der Waals surface area contributed by atoms with Gasteiger partial charge >= 0.3 is 0 Å². The Bertz CT molecular complexity index is 624. The van der Waals surface area contributed by atoms with E-state index in [2.05, 4.69) is 4.98 Å². The Labute approximate surface area is 102 Å².